The van der Waals surface area contributed by atoms with Gasteiger partial charge < -0.3 is 15.2 Å². The molecule has 1 aromatic rings. The van der Waals surface area contributed by atoms with Gasteiger partial charge in [0.1, 0.15) is 5.75 Å². The fourth-order valence-electron chi connectivity index (χ4n) is 2.55. The molecule has 1 aliphatic heterocycles. The summed E-state index contributed by atoms with van der Waals surface area (Å²) in [5, 5.41) is 12.8. The lowest BCUT2D eigenvalue weighted by atomic mass is 10.2. The van der Waals surface area contributed by atoms with E-state index in [0.29, 0.717) is 0 Å². The summed E-state index contributed by atoms with van der Waals surface area (Å²) in [5.74, 6) is 0.937. The summed E-state index contributed by atoms with van der Waals surface area (Å²) >= 11 is 0. The van der Waals surface area contributed by atoms with Crippen LogP contribution < -0.4 is 10.1 Å². The summed E-state index contributed by atoms with van der Waals surface area (Å²) in [4.78, 5) is 2.37. The quantitative estimate of drug-likeness (QED) is 0.773. The van der Waals surface area contributed by atoms with Crippen molar-refractivity contribution >= 4 is 0 Å². The van der Waals surface area contributed by atoms with Crippen molar-refractivity contribution in [3.05, 3.63) is 29.8 Å². The molecule has 1 saturated heterocycles. The van der Waals surface area contributed by atoms with Gasteiger partial charge in [0.2, 0.25) is 0 Å². The third-order valence-electron chi connectivity index (χ3n) is 3.79. The van der Waals surface area contributed by atoms with Gasteiger partial charge in [0.15, 0.2) is 0 Å². The maximum Gasteiger partial charge on any atom is 0.119 e. The lowest BCUT2D eigenvalue weighted by Gasteiger charge is -2.27. The zero-order valence-electron chi connectivity index (χ0n) is 12.3. The summed E-state index contributed by atoms with van der Waals surface area (Å²) in [5.41, 5.74) is 1.25. The molecular weight excluding hydrogens is 252 g/mol. The van der Waals surface area contributed by atoms with E-state index in [9.17, 15) is 5.11 Å². The van der Waals surface area contributed by atoms with Crippen LogP contribution in [0.2, 0.25) is 0 Å². The Labute approximate surface area is 121 Å². The average Bonchev–Trinajstić information content (AvgIpc) is 2.70. The Morgan fingerprint density at radius 2 is 2.15 bits per heavy atom. The van der Waals surface area contributed by atoms with Crippen LogP contribution in [0.3, 0.4) is 0 Å². The number of aliphatic hydroxyl groups excluding tert-OH is 1. The first-order chi connectivity index (χ1) is 9.79. The highest BCUT2D eigenvalue weighted by molar-refractivity contribution is 5.26. The van der Waals surface area contributed by atoms with Crippen LogP contribution in [0.15, 0.2) is 24.3 Å². The molecule has 1 atom stereocenters. The number of ether oxygens (including phenoxy) is 1. The van der Waals surface area contributed by atoms with Gasteiger partial charge in [0, 0.05) is 19.1 Å². The summed E-state index contributed by atoms with van der Waals surface area (Å²) in [7, 11) is 0. The summed E-state index contributed by atoms with van der Waals surface area (Å²) in [6, 6.07) is 8.41. The Kier molecular flexibility index (Phi) is 6.30. The van der Waals surface area contributed by atoms with Crippen LogP contribution in [-0.4, -0.2) is 55.4 Å². The highest BCUT2D eigenvalue weighted by atomic mass is 16.5. The molecule has 1 aromatic carbocycles. The first kappa shape index (κ1) is 15.3. The number of hydrogen-bond donors (Lipinski definition) is 2. The van der Waals surface area contributed by atoms with Gasteiger partial charge in [-0.15, -0.1) is 0 Å². The zero-order chi connectivity index (χ0) is 14.2. The van der Waals surface area contributed by atoms with Crippen LogP contribution >= 0.6 is 0 Å². The van der Waals surface area contributed by atoms with Crippen molar-refractivity contribution in [3.8, 4) is 5.75 Å². The van der Waals surface area contributed by atoms with Crippen LogP contribution in [0.25, 0.3) is 0 Å². The molecule has 1 fully saturated rings. The minimum absolute atomic E-state index is 0.228. The predicted molar refractivity (Wildman–Crippen MR) is 81.2 cm³/mol. The van der Waals surface area contributed by atoms with Crippen molar-refractivity contribution in [1.29, 1.82) is 0 Å². The van der Waals surface area contributed by atoms with Gasteiger partial charge in [0.25, 0.3) is 0 Å². The molecule has 1 heterocycles. The second-order valence-electron chi connectivity index (χ2n) is 5.45. The Morgan fingerprint density at radius 3 is 2.90 bits per heavy atom. The minimum Gasteiger partial charge on any atom is -0.494 e. The Hall–Kier alpha value is -1.10. The van der Waals surface area contributed by atoms with Gasteiger partial charge >= 0.3 is 0 Å². The third kappa shape index (κ3) is 4.78. The molecule has 0 aliphatic carbocycles. The van der Waals surface area contributed by atoms with Crippen LogP contribution in [0.1, 0.15) is 18.4 Å². The topological polar surface area (TPSA) is 44.7 Å². The fourth-order valence-corrected chi connectivity index (χ4v) is 2.55. The molecule has 0 amide bonds. The minimum atomic E-state index is 0.228. The lowest BCUT2D eigenvalue weighted by Crippen LogP contribution is -2.43. The number of nitrogens with zero attached hydrogens (tertiary/aromatic N) is 1. The summed E-state index contributed by atoms with van der Waals surface area (Å²) in [6.07, 6.45) is 2.14. The number of aryl methyl sites for hydroxylation is 1. The average molecular weight is 278 g/mol. The highest BCUT2D eigenvalue weighted by Crippen LogP contribution is 2.12. The largest absolute Gasteiger partial charge is 0.494 e. The van der Waals surface area contributed by atoms with Gasteiger partial charge in [-0.3, -0.25) is 4.90 Å². The van der Waals surface area contributed by atoms with Crippen LogP contribution in [0.5, 0.6) is 5.75 Å². The van der Waals surface area contributed by atoms with Gasteiger partial charge in [-0.05, 0) is 45.0 Å². The molecule has 2 N–H and O–H groups in total. The standard InChI is InChI=1S/C16H26N2O2/c1-14-4-6-16(7-5-14)20-11-3-10-18-9-2-8-17-12-15(18)13-19/h4-7,15,17,19H,2-3,8-13H2,1H3. The van der Waals surface area contributed by atoms with Gasteiger partial charge in [0.05, 0.1) is 13.2 Å². The van der Waals surface area contributed by atoms with E-state index in [-0.39, 0.29) is 12.6 Å². The predicted octanol–water partition coefficient (Wildman–Crippen LogP) is 1.42. The van der Waals surface area contributed by atoms with E-state index in [0.717, 1.165) is 51.4 Å². The molecule has 0 spiro atoms. The second-order valence-corrected chi connectivity index (χ2v) is 5.45. The first-order valence-electron chi connectivity index (χ1n) is 7.54. The SMILES string of the molecule is Cc1ccc(OCCCN2CCCNCC2CO)cc1. The number of nitrogens with one attached hydrogen (secondary N) is 1. The van der Waals surface area contributed by atoms with E-state index in [4.69, 9.17) is 4.74 Å². The van der Waals surface area contributed by atoms with E-state index < -0.39 is 0 Å². The molecular formula is C16H26N2O2. The van der Waals surface area contributed by atoms with Crippen LogP contribution in [0, 0.1) is 6.92 Å². The summed E-state index contributed by atoms with van der Waals surface area (Å²) < 4.78 is 5.75. The Morgan fingerprint density at radius 1 is 1.35 bits per heavy atom. The Bertz CT molecular complexity index is 381. The molecule has 4 nitrogen and oxygen atoms in total. The molecule has 0 saturated carbocycles. The van der Waals surface area contributed by atoms with E-state index in [2.05, 4.69) is 29.3 Å². The fraction of sp³-hybridized carbons (Fsp3) is 0.625. The van der Waals surface area contributed by atoms with Gasteiger partial charge in [-0.1, -0.05) is 17.7 Å². The monoisotopic (exact) mass is 278 g/mol. The normalized spacial score (nSPS) is 20.6. The van der Waals surface area contributed by atoms with Gasteiger partial charge in [-0.2, -0.15) is 0 Å². The first-order valence-corrected chi connectivity index (χ1v) is 7.54. The second kappa shape index (κ2) is 8.25. The van der Waals surface area contributed by atoms with Crippen LogP contribution in [0.4, 0.5) is 0 Å². The zero-order valence-corrected chi connectivity index (χ0v) is 12.3. The van der Waals surface area contributed by atoms with Gasteiger partial charge in [-0.25, -0.2) is 0 Å². The van der Waals surface area contributed by atoms with Crippen molar-refractivity contribution < 1.29 is 9.84 Å². The number of rotatable bonds is 6. The molecule has 2 rings (SSSR count). The molecule has 112 valence electrons. The van der Waals surface area contributed by atoms with Crippen molar-refractivity contribution in [2.24, 2.45) is 0 Å². The molecule has 0 radical (unpaired) electrons. The van der Waals surface area contributed by atoms with Crippen molar-refractivity contribution in [1.82, 2.24) is 10.2 Å². The van der Waals surface area contributed by atoms with Crippen LogP contribution in [-0.2, 0) is 0 Å². The van der Waals surface area contributed by atoms with E-state index in [1.54, 1.807) is 0 Å². The molecule has 0 bridgehead atoms. The highest BCUT2D eigenvalue weighted by Gasteiger charge is 2.19. The number of aliphatic hydroxyl groups is 1. The molecule has 1 aliphatic rings. The van der Waals surface area contributed by atoms with E-state index in [1.807, 2.05) is 12.1 Å². The molecule has 1 unspecified atom stereocenters. The van der Waals surface area contributed by atoms with Crippen molar-refractivity contribution in [2.75, 3.05) is 39.4 Å². The van der Waals surface area contributed by atoms with E-state index >= 15 is 0 Å². The maximum atomic E-state index is 9.43. The molecule has 20 heavy (non-hydrogen) atoms. The molecule has 0 aromatic heterocycles. The third-order valence-corrected chi connectivity index (χ3v) is 3.79. The summed E-state index contributed by atoms with van der Waals surface area (Å²) in [6.45, 7) is 7.01. The maximum absolute atomic E-state index is 9.43. The van der Waals surface area contributed by atoms with Crippen molar-refractivity contribution in [3.63, 3.8) is 0 Å². The number of hydrogen-bond acceptors (Lipinski definition) is 4. The van der Waals surface area contributed by atoms with E-state index in [1.165, 1.54) is 5.56 Å². The number of benzene rings is 1. The molecule has 4 heteroatoms. The lowest BCUT2D eigenvalue weighted by molar-refractivity contribution is 0.125. The van der Waals surface area contributed by atoms with Crippen molar-refractivity contribution in [2.45, 2.75) is 25.8 Å². The smallest absolute Gasteiger partial charge is 0.119 e. The Balaban J connectivity index is 1.70.